The predicted molar refractivity (Wildman–Crippen MR) is 90.3 cm³/mol. The Morgan fingerprint density at radius 1 is 1.27 bits per heavy atom. The molecule has 1 aromatic carbocycles. The van der Waals surface area contributed by atoms with Crippen molar-refractivity contribution < 1.29 is 14.1 Å². The van der Waals surface area contributed by atoms with Gasteiger partial charge in [-0.05, 0) is 13.0 Å². The van der Waals surface area contributed by atoms with Crippen molar-refractivity contribution in [1.82, 2.24) is 31.0 Å². The summed E-state index contributed by atoms with van der Waals surface area (Å²) in [6, 6.07) is 6.93. The lowest BCUT2D eigenvalue weighted by molar-refractivity contribution is -0.122. The van der Waals surface area contributed by atoms with Gasteiger partial charge in [0.05, 0.1) is 23.5 Å². The third kappa shape index (κ3) is 3.29. The molecule has 0 aliphatic carbocycles. The third-order valence-corrected chi connectivity index (χ3v) is 3.84. The Bertz CT molecular complexity index is 1020. The molecule has 3 rings (SSSR count). The van der Waals surface area contributed by atoms with Crippen LogP contribution in [-0.2, 0) is 11.3 Å². The highest BCUT2D eigenvalue weighted by molar-refractivity contribution is 5.91. The molecule has 2 amide bonds. The summed E-state index contributed by atoms with van der Waals surface area (Å²) in [7, 11) is 1.45. The van der Waals surface area contributed by atoms with Gasteiger partial charge in [0.15, 0.2) is 0 Å². The van der Waals surface area contributed by atoms with Crippen LogP contribution in [0.25, 0.3) is 10.8 Å². The number of rotatable bonds is 5. The van der Waals surface area contributed by atoms with Crippen LogP contribution in [0.1, 0.15) is 35.0 Å². The van der Waals surface area contributed by atoms with E-state index >= 15 is 0 Å². The smallest absolute Gasteiger partial charge is 0.292 e. The summed E-state index contributed by atoms with van der Waals surface area (Å²) in [6.45, 7) is 1.64. The van der Waals surface area contributed by atoms with Crippen molar-refractivity contribution in [3.8, 4) is 0 Å². The Balaban J connectivity index is 1.74. The minimum absolute atomic E-state index is 0.0333. The second kappa shape index (κ2) is 7.13. The number of H-pyrrole nitrogens is 1. The van der Waals surface area contributed by atoms with E-state index in [0.717, 1.165) is 0 Å². The first kappa shape index (κ1) is 17.3. The van der Waals surface area contributed by atoms with Crippen LogP contribution in [0, 0.1) is 0 Å². The maximum absolute atomic E-state index is 12.4. The topological polar surface area (TPSA) is 143 Å². The van der Waals surface area contributed by atoms with E-state index in [4.69, 9.17) is 4.52 Å². The molecule has 2 heterocycles. The van der Waals surface area contributed by atoms with Gasteiger partial charge in [-0.25, -0.2) is 5.10 Å². The normalized spacial score (nSPS) is 11.9. The van der Waals surface area contributed by atoms with Crippen molar-refractivity contribution in [3.63, 3.8) is 0 Å². The molecule has 134 valence electrons. The molecule has 3 N–H and O–H groups in total. The van der Waals surface area contributed by atoms with Crippen molar-refractivity contribution in [3.05, 3.63) is 52.0 Å². The lowest BCUT2D eigenvalue weighted by Gasteiger charge is -2.12. The predicted octanol–water partition coefficient (Wildman–Crippen LogP) is 0.0856. The summed E-state index contributed by atoms with van der Waals surface area (Å²) < 4.78 is 4.91. The fourth-order valence-electron chi connectivity index (χ4n) is 2.44. The van der Waals surface area contributed by atoms with Gasteiger partial charge < -0.3 is 15.2 Å². The molecule has 0 unspecified atom stereocenters. The Morgan fingerprint density at radius 3 is 2.73 bits per heavy atom. The molecule has 10 nitrogen and oxygen atoms in total. The number of hydrogen-bond donors (Lipinski definition) is 3. The van der Waals surface area contributed by atoms with E-state index in [1.165, 1.54) is 7.05 Å². The Morgan fingerprint density at radius 2 is 2.00 bits per heavy atom. The monoisotopic (exact) mass is 356 g/mol. The molecule has 0 saturated carbocycles. The molecule has 2 aromatic heterocycles. The number of aromatic nitrogens is 4. The number of carbonyl (C=O) groups is 2. The number of fused-ring (bicyclic) bond motifs is 1. The number of nitrogens with one attached hydrogen (secondary N) is 3. The lowest BCUT2D eigenvalue weighted by Crippen LogP contribution is -2.29. The van der Waals surface area contributed by atoms with Gasteiger partial charge in [0.25, 0.3) is 17.3 Å². The Kier molecular flexibility index (Phi) is 4.74. The van der Waals surface area contributed by atoms with E-state index in [0.29, 0.717) is 16.5 Å². The number of carbonyl (C=O) groups excluding carboxylic acids is 2. The van der Waals surface area contributed by atoms with Gasteiger partial charge in [-0.2, -0.15) is 10.1 Å². The van der Waals surface area contributed by atoms with Crippen LogP contribution >= 0.6 is 0 Å². The second-order valence-electron chi connectivity index (χ2n) is 5.51. The van der Waals surface area contributed by atoms with E-state index in [2.05, 4.69) is 31.0 Å². The molecule has 26 heavy (non-hydrogen) atoms. The highest BCUT2D eigenvalue weighted by atomic mass is 16.5. The molecule has 0 fully saturated rings. The maximum Gasteiger partial charge on any atom is 0.292 e. The van der Waals surface area contributed by atoms with Gasteiger partial charge in [0.1, 0.15) is 0 Å². The van der Waals surface area contributed by atoms with Crippen LogP contribution < -0.4 is 16.2 Å². The first-order chi connectivity index (χ1) is 12.5. The minimum atomic E-state index is -0.627. The van der Waals surface area contributed by atoms with Gasteiger partial charge in [-0.1, -0.05) is 23.4 Å². The van der Waals surface area contributed by atoms with Crippen LogP contribution in [0.4, 0.5) is 0 Å². The van der Waals surface area contributed by atoms with Crippen LogP contribution in [0.5, 0.6) is 0 Å². The van der Waals surface area contributed by atoms with E-state index in [-0.39, 0.29) is 29.7 Å². The average Bonchev–Trinajstić information content (AvgIpc) is 3.14. The molecule has 3 aromatic rings. The largest absolute Gasteiger partial charge is 0.352 e. The summed E-state index contributed by atoms with van der Waals surface area (Å²) >= 11 is 0. The molecule has 0 aliphatic heterocycles. The van der Waals surface area contributed by atoms with Crippen LogP contribution in [0.2, 0.25) is 0 Å². The van der Waals surface area contributed by atoms with Crippen LogP contribution in [0.15, 0.2) is 33.6 Å². The summed E-state index contributed by atoms with van der Waals surface area (Å²) in [5.74, 6) is -1.46. The summed E-state index contributed by atoms with van der Waals surface area (Å²) in [5, 5.41) is 16.0. The maximum atomic E-state index is 12.4. The second-order valence-corrected chi connectivity index (χ2v) is 5.51. The lowest BCUT2D eigenvalue weighted by atomic mass is 10.0. The van der Waals surface area contributed by atoms with Crippen molar-refractivity contribution in [2.75, 3.05) is 7.05 Å². The van der Waals surface area contributed by atoms with E-state index in [1.807, 2.05) is 0 Å². The molecule has 0 aliphatic rings. The number of hydrogen-bond acceptors (Lipinski definition) is 7. The van der Waals surface area contributed by atoms with Gasteiger partial charge in [0.2, 0.25) is 11.8 Å². The van der Waals surface area contributed by atoms with Crippen molar-refractivity contribution in [2.45, 2.75) is 19.4 Å². The summed E-state index contributed by atoms with van der Waals surface area (Å²) in [4.78, 5) is 39.5. The molecule has 0 saturated heterocycles. The number of aromatic amines is 1. The van der Waals surface area contributed by atoms with E-state index in [1.54, 1.807) is 31.2 Å². The quantitative estimate of drug-likeness (QED) is 0.587. The van der Waals surface area contributed by atoms with Crippen LogP contribution in [-0.4, -0.2) is 39.2 Å². The highest BCUT2D eigenvalue weighted by Crippen LogP contribution is 2.20. The van der Waals surface area contributed by atoms with Gasteiger partial charge in [-0.3, -0.25) is 14.4 Å². The van der Waals surface area contributed by atoms with Gasteiger partial charge in [0, 0.05) is 12.4 Å². The zero-order valence-electron chi connectivity index (χ0n) is 14.1. The van der Waals surface area contributed by atoms with Gasteiger partial charge in [-0.15, -0.1) is 0 Å². The van der Waals surface area contributed by atoms with E-state index < -0.39 is 11.8 Å². The molecule has 0 bridgehead atoms. The van der Waals surface area contributed by atoms with Crippen molar-refractivity contribution in [2.24, 2.45) is 0 Å². The molecule has 0 radical (unpaired) electrons. The Labute approximate surface area is 147 Å². The fraction of sp³-hybridized carbons (Fsp3) is 0.250. The first-order valence-corrected chi connectivity index (χ1v) is 7.81. The van der Waals surface area contributed by atoms with Crippen LogP contribution in [0.3, 0.4) is 0 Å². The van der Waals surface area contributed by atoms with E-state index in [9.17, 15) is 14.4 Å². The zero-order chi connectivity index (χ0) is 18.7. The summed E-state index contributed by atoms with van der Waals surface area (Å²) in [6.07, 6.45) is 0. The fourth-order valence-corrected chi connectivity index (χ4v) is 2.44. The third-order valence-electron chi connectivity index (χ3n) is 3.84. The zero-order valence-corrected chi connectivity index (χ0v) is 14.1. The molecule has 10 heteroatoms. The van der Waals surface area contributed by atoms with Crippen molar-refractivity contribution >= 4 is 22.6 Å². The highest BCUT2D eigenvalue weighted by Gasteiger charge is 2.21. The standard InChI is InChI=1S/C16H16N6O4/c1-8(12-9-5-3-4-6-10(9)15(24)21-20-12)14(23)18-7-11-19-13(22-26-11)16(25)17-2/h3-6,8H,7H2,1-2H3,(H,17,25)(H,18,23)(H,21,24)/t8-/m0/s1. The number of nitrogens with zero attached hydrogens (tertiary/aromatic N) is 3. The van der Waals surface area contributed by atoms with Gasteiger partial charge >= 0.3 is 0 Å². The number of amides is 2. The molecular weight excluding hydrogens is 340 g/mol. The SMILES string of the molecule is CNC(=O)c1noc(CNC(=O)[C@@H](C)c2n[nH]c(=O)c3ccccc23)n1. The molecular formula is C16H16N6O4. The molecule has 0 spiro atoms. The Hall–Kier alpha value is -3.56. The number of benzene rings is 1. The average molecular weight is 356 g/mol. The first-order valence-electron chi connectivity index (χ1n) is 7.81. The minimum Gasteiger partial charge on any atom is -0.352 e. The van der Waals surface area contributed by atoms with Crippen molar-refractivity contribution in [1.29, 1.82) is 0 Å². The molecule has 1 atom stereocenters. The summed E-state index contributed by atoms with van der Waals surface area (Å²) in [5.41, 5.74) is 0.138.